The summed E-state index contributed by atoms with van der Waals surface area (Å²) in [6.45, 7) is 4.63. The second-order valence-corrected chi connectivity index (χ2v) is 13.0. The molecular weight excluding hydrogens is 564 g/mol. The monoisotopic (exact) mass is 605 g/mol. The molecule has 2 aliphatic carbocycles. The van der Waals surface area contributed by atoms with Gasteiger partial charge in [0.15, 0.2) is 6.30 Å². The fourth-order valence-electron chi connectivity index (χ4n) is 7.18. The van der Waals surface area contributed by atoms with Gasteiger partial charge in [-0.05, 0) is 116 Å². The van der Waals surface area contributed by atoms with Gasteiger partial charge in [0.05, 0.1) is 11.0 Å². The van der Waals surface area contributed by atoms with Gasteiger partial charge in [0.1, 0.15) is 12.0 Å². The summed E-state index contributed by atoms with van der Waals surface area (Å²) in [6.07, 6.45) is 8.87. The Morgan fingerprint density at radius 3 is 2.53 bits per heavy atom. The molecule has 0 spiro atoms. The van der Waals surface area contributed by atoms with E-state index in [9.17, 15) is 13.6 Å². The fourth-order valence-corrected chi connectivity index (χ4v) is 7.18. The number of hydrogen-bond acceptors (Lipinski definition) is 2. The van der Waals surface area contributed by atoms with Crippen molar-refractivity contribution in [1.82, 2.24) is 14.5 Å². The highest BCUT2D eigenvalue weighted by Gasteiger charge is 2.30. The van der Waals surface area contributed by atoms with Crippen molar-refractivity contribution in [1.29, 1.82) is 0 Å². The van der Waals surface area contributed by atoms with Gasteiger partial charge < -0.3 is 4.90 Å². The van der Waals surface area contributed by atoms with E-state index in [4.69, 9.17) is 4.98 Å². The summed E-state index contributed by atoms with van der Waals surface area (Å²) < 4.78 is 31.1. The third-order valence-corrected chi connectivity index (χ3v) is 9.81. The van der Waals surface area contributed by atoms with Gasteiger partial charge in [0.2, 0.25) is 0 Å². The van der Waals surface area contributed by atoms with Crippen LogP contribution in [0.2, 0.25) is 0 Å². The lowest BCUT2D eigenvalue weighted by molar-refractivity contribution is 0.0708. The fraction of sp³-hybridized carbons (Fsp3) is 0.385. The predicted octanol–water partition coefficient (Wildman–Crippen LogP) is 9.98. The largest absolute Gasteiger partial charge is 0.339 e. The molecule has 1 amide bonds. The molecule has 3 aromatic carbocycles. The molecule has 2 heterocycles. The van der Waals surface area contributed by atoms with Crippen LogP contribution in [0.25, 0.3) is 22.7 Å². The molecule has 1 saturated carbocycles. The summed E-state index contributed by atoms with van der Waals surface area (Å²) in [7, 11) is 0. The molecule has 1 aromatic heterocycles. The number of imidazole rings is 1. The molecule has 4 nitrogen and oxygen atoms in total. The van der Waals surface area contributed by atoms with Crippen LogP contribution in [-0.2, 0) is 0 Å². The van der Waals surface area contributed by atoms with Gasteiger partial charge in [-0.1, -0.05) is 61.0 Å². The Balaban J connectivity index is 1.14. The van der Waals surface area contributed by atoms with Crippen molar-refractivity contribution in [3.63, 3.8) is 0 Å². The van der Waals surface area contributed by atoms with Gasteiger partial charge in [0, 0.05) is 24.6 Å². The molecule has 0 N–H and O–H groups in total. The van der Waals surface area contributed by atoms with Gasteiger partial charge in [0.25, 0.3) is 5.91 Å². The van der Waals surface area contributed by atoms with Crippen molar-refractivity contribution in [2.45, 2.75) is 77.2 Å². The zero-order valence-electron chi connectivity index (χ0n) is 26.2. The molecule has 232 valence electrons. The van der Waals surface area contributed by atoms with E-state index >= 15 is 0 Å². The highest BCUT2D eigenvalue weighted by atomic mass is 19.1. The summed E-state index contributed by atoms with van der Waals surface area (Å²) in [4.78, 5) is 20.6. The number of alkyl halides is 2. The Kier molecular flexibility index (Phi) is 8.15. The predicted molar refractivity (Wildman–Crippen MR) is 177 cm³/mol. The normalized spacial score (nSPS) is 18.6. The van der Waals surface area contributed by atoms with E-state index in [0.717, 1.165) is 70.7 Å². The van der Waals surface area contributed by atoms with Crippen LogP contribution in [0.4, 0.5) is 8.78 Å². The van der Waals surface area contributed by atoms with Crippen molar-refractivity contribution in [2.75, 3.05) is 13.1 Å². The van der Waals surface area contributed by atoms with Gasteiger partial charge in [-0.25, -0.2) is 13.8 Å². The maximum atomic E-state index is 14.7. The maximum Gasteiger partial charge on any atom is 0.253 e. The zero-order valence-corrected chi connectivity index (χ0v) is 26.2. The van der Waals surface area contributed by atoms with E-state index in [-0.39, 0.29) is 11.8 Å². The number of likely N-dealkylation sites (tertiary alicyclic amines) is 1. The molecule has 0 radical (unpaired) electrons. The van der Waals surface area contributed by atoms with Gasteiger partial charge in [-0.2, -0.15) is 0 Å². The van der Waals surface area contributed by atoms with E-state index in [0.29, 0.717) is 30.6 Å². The molecule has 2 fully saturated rings. The summed E-state index contributed by atoms with van der Waals surface area (Å²) in [5.41, 5.74) is 8.65. The number of fused-ring (bicyclic) bond motifs is 2. The number of rotatable bonds is 8. The van der Waals surface area contributed by atoms with Crippen LogP contribution in [0.1, 0.15) is 116 Å². The minimum absolute atomic E-state index is 0.0285. The number of benzene rings is 3. The van der Waals surface area contributed by atoms with E-state index in [1.54, 1.807) is 11.5 Å². The number of amides is 1. The highest BCUT2D eigenvalue weighted by molar-refractivity contribution is 5.97. The molecule has 2 unspecified atom stereocenters. The summed E-state index contributed by atoms with van der Waals surface area (Å²) >= 11 is 0. The third-order valence-electron chi connectivity index (χ3n) is 9.81. The van der Waals surface area contributed by atoms with E-state index in [2.05, 4.69) is 24.3 Å². The summed E-state index contributed by atoms with van der Waals surface area (Å²) in [6, 6.07) is 21.6. The Labute approximate surface area is 264 Å². The number of allylic oxidation sites excluding steroid dienone is 2. The van der Waals surface area contributed by atoms with Crippen LogP contribution in [-0.4, -0.2) is 33.4 Å². The molecule has 0 bridgehead atoms. The Morgan fingerprint density at radius 1 is 0.978 bits per heavy atom. The lowest BCUT2D eigenvalue weighted by Gasteiger charge is -2.32. The maximum absolute atomic E-state index is 14.7. The molecule has 2 atom stereocenters. The van der Waals surface area contributed by atoms with Crippen LogP contribution >= 0.6 is 0 Å². The highest BCUT2D eigenvalue weighted by Crippen LogP contribution is 2.41. The van der Waals surface area contributed by atoms with E-state index in [1.807, 2.05) is 66.4 Å². The van der Waals surface area contributed by atoms with Crippen LogP contribution in [0.3, 0.4) is 0 Å². The number of piperidine rings is 1. The topological polar surface area (TPSA) is 38.1 Å². The van der Waals surface area contributed by atoms with Gasteiger partial charge >= 0.3 is 0 Å². The minimum Gasteiger partial charge on any atom is -0.339 e. The summed E-state index contributed by atoms with van der Waals surface area (Å²) in [5, 5.41) is 0. The smallest absolute Gasteiger partial charge is 0.253 e. The zero-order chi connectivity index (χ0) is 31.1. The van der Waals surface area contributed by atoms with E-state index in [1.165, 1.54) is 18.4 Å². The van der Waals surface area contributed by atoms with Crippen molar-refractivity contribution in [3.05, 3.63) is 112 Å². The number of carbonyl (C=O) groups is 1. The van der Waals surface area contributed by atoms with Crippen LogP contribution < -0.4 is 0 Å². The molecule has 1 aliphatic heterocycles. The molecule has 45 heavy (non-hydrogen) atoms. The van der Waals surface area contributed by atoms with Gasteiger partial charge in [-0.3, -0.25) is 9.36 Å². The van der Waals surface area contributed by atoms with Crippen LogP contribution in [0.5, 0.6) is 0 Å². The van der Waals surface area contributed by atoms with Crippen molar-refractivity contribution < 1.29 is 13.6 Å². The molecule has 3 aliphatic rings. The average molecular weight is 606 g/mol. The van der Waals surface area contributed by atoms with Crippen molar-refractivity contribution in [2.24, 2.45) is 5.92 Å². The number of aromatic nitrogens is 2. The Hall–Kier alpha value is -4.06. The lowest BCUT2D eigenvalue weighted by Crippen LogP contribution is -2.38. The second-order valence-electron chi connectivity index (χ2n) is 13.0. The van der Waals surface area contributed by atoms with Crippen molar-refractivity contribution >= 4 is 28.6 Å². The minimum atomic E-state index is -1.17. The van der Waals surface area contributed by atoms with Crippen LogP contribution in [0, 0.1) is 5.92 Å². The summed E-state index contributed by atoms with van der Waals surface area (Å²) in [5.74, 6) is 1.66. The first-order chi connectivity index (χ1) is 21.9. The molecule has 6 heteroatoms. The third kappa shape index (κ3) is 5.99. The molecular formula is C39H41F2N3O. The first kappa shape index (κ1) is 29.6. The Morgan fingerprint density at radius 2 is 1.78 bits per heavy atom. The Bertz CT molecular complexity index is 1790. The number of para-hydroxylation sites is 2. The lowest BCUT2D eigenvalue weighted by atomic mass is 9.91. The van der Waals surface area contributed by atoms with Crippen LogP contribution in [0.15, 0.2) is 78.4 Å². The van der Waals surface area contributed by atoms with Gasteiger partial charge in [-0.15, -0.1) is 0 Å². The number of halogens is 2. The second kappa shape index (κ2) is 12.4. The van der Waals surface area contributed by atoms with E-state index < -0.39 is 12.5 Å². The quantitative estimate of drug-likeness (QED) is 0.200. The first-order valence-corrected chi connectivity index (χ1v) is 16.6. The first-order valence-electron chi connectivity index (χ1n) is 16.6. The van der Waals surface area contributed by atoms with Crippen molar-refractivity contribution in [3.8, 4) is 0 Å². The number of nitrogens with zero attached hydrogens (tertiary/aromatic N) is 3. The number of carbonyl (C=O) groups excluding carboxylic acids is 1. The molecule has 4 aromatic rings. The molecule has 7 rings (SSSR count). The average Bonchev–Trinajstić information content (AvgIpc) is 3.83. The SMILES string of the molecule is CCC(F)c1cccc(C2=CCC(CC3CC3)=Cc3cc(C(=O)N4CCC(c5nc6ccccc6n5C(C)F)CC4)ccc32)c1. The number of hydrogen-bond donors (Lipinski definition) is 0. The molecule has 1 saturated heterocycles. The standard InChI is InChI=1S/C39H41F2N3O/c1-3-35(41)30-8-6-7-29(23-30)33-15-13-27(21-26-11-12-26)22-32-24-31(14-16-34(32)33)39(45)43-19-17-28(18-20-43)38-42-36-9-4-5-10-37(36)44(38)25(2)40/h4-10,14-16,22-26,28,35H,3,11-13,17-21H2,1-2H3.